The quantitative estimate of drug-likeness (QED) is 0.721. The first-order valence-corrected chi connectivity index (χ1v) is 11.4. The molecule has 6 nitrogen and oxygen atoms in total. The molecule has 3 amide bonds. The van der Waals surface area contributed by atoms with Crippen molar-refractivity contribution in [3.63, 3.8) is 0 Å². The van der Waals surface area contributed by atoms with Gasteiger partial charge in [0, 0.05) is 29.7 Å². The fourth-order valence-electron chi connectivity index (χ4n) is 3.95. The molecule has 8 heteroatoms. The number of amides is 3. The number of nitrogens with one attached hydrogen (secondary N) is 2. The lowest BCUT2D eigenvalue weighted by atomic mass is 10.1. The fourth-order valence-corrected chi connectivity index (χ4v) is 4.95. The molecule has 0 bridgehead atoms. The number of hydrogen-bond donors (Lipinski definition) is 2. The third-order valence-electron chi connectivity index (χ3n) is 5.67. The van der Waals surface area contributed by atoms with Crippen LogP contribution in [0.3, 0.4) is 0 Å². The molecule has 162 valence electrons. The molecule has 2 aromatic rings. The van der Waals surface area contributed by atoms with Crippen molar-refractivity contribution in [2.75, 3.05) is 12.3 Å². The predicted molar refractivity (Wildman–Crippen MR) is 117 cm³/mol. The van der Waals surface area contributed by atoms with E-state index in [-0.39, 0.29) is 30.0 Å². The van der Waals surface area contributed by atoms with Gasteiger partial charge in [-0.15, -0.1) is 0 Å². The maximum absolute atomic E-state index is 13.8. The van der Waals surface area contributed by atoms with Gasteiger partial charge in [0.15, 0.2) is 0 Å². The minimum absolute atomic E-state index is 0.122. The van der Waals surface area contributed by atoms with E-state index < -0.39 is 23.8 Å². The van der Waals surface area contributed by atoms with Crippen LogP contribution in [0.25, 0.3) is 0 Å². The highest BCUT2D eigenvalue weighted by molar-refractivity contribution is 7.98. The van der Waals surface area contributed by atoms with E-state index in [1.165, 1.54) is 6.07 Å². The highest BCUT2D eigenvalue weighted by Gasteiger charge is 2.46. The van der Waals surface area contributed by atoms with Crippen molar-refractivity contribution in [3.8, 4) is 0 Å². The second-order valence-electron chi connectivity index (χ2n) is 7.94. The van der Waals surface area contributed by atoms with Crippen LogP contribution in [-0.2, 0) is 15.3 Å². The number of benzene rings is 2. The van der Waals surface area contributed by atoms with Crippen molar-refractivity contribution in [1.29, 1.82) is 0 Å². The smallest absolute Gasteiger partial charge is 0.251 e. The van der Waals surface area contributed by atoms with E-state index >= 15 is 0 Å². The Morgan fingerprint density at radius 1 is 1.23 bits per heavy atom. The summed E-state index contributed by atoms with van der Waals surface area (Å²) in [5, 5.41) is 5.66. The zero-order valence-electron chi connectivity index (χ0n) is 17.1. The van der Waals surface area contributed by atoms with Crippen LogP contribution in [0.4, 0.5) is 4.39 Å². The van der Waals surface area contributed by atoms with Gasteiger partial charge in [-0.05, 0) is 36.6 Å². The van der Waals surface area contributed by atoms with Gasteiger partial charge in [0.05, 0.1) is 0 Å². The van der Waals surface area contributed by atoms with E-state index in [1.54, 1.807) is 35.7 Å². The molecule has 2 fully saturated rings. The first-order valence-electron chi connectivity index (χ1n) is 10.2. The Balaban J connectivity index is 1.34. The molecule has 2 aliphatic rings. The number of fused-ring (bicyclic) bond motifs is 1. The van der Waals surface area contributed by atoms with Crippen molar-refractivity contribution in [2.45, 2.75) is 37.2 Å². The summed E-state index contributed by atoms with van der Waals surface area (Å²) in [5.41, 5.74) is 1.85. The molecule has 0 aliphatic carbocycles. The molecule has 0 spiro atoms. The summed E-state index contributed by atoms with van der Waals surface area (Å²) < 4.78 is 13.8. The second kappa shape index (κ2) is 9.09. The van der Waals surface area contributed by atoms with Crippen LogP contribution in [0.1, 0.15) is 27.9 Å². The number of aryl methyl sites for hydroxylation is 1. The average molecular weight is 442 g/mol. The van der Waals surface area contributed by atoms with Crippen LogP contribution in [0.15, 0.2) is 48.5 Å². The number of rotatable bonds is 6. The molecule has 0 radical (unpaired) electrons. The highest BCUT2D eigenvalue weighted by atomic mass is 32.2. The van der Waals surface area contributed by atoms with Gasteiger partial charge in [-0.25, -0.2) is 4.39 Å². The van der Waals surface area contributed by atoms with Crippen molar-refractivity contribution in [1.82, 2.24) is 15.5 Å². The maximum atomic E-state index is 13.8. The van der Waals surface area contributed by atoms with Gasteiger partial charge in [0.1, 0.15) is 17.9 Å². The van der Waals surface area contributed by atoms with Crippen molar-refractivity contribution in [3.05, 3.63) is 71.0 Å². The molecule has 2 saturated heterocycles. The van der Waals surface area contributed by atoms with E-state index in [2.05, 4.69) is 10.6 Å². The largest absolute Gasteiger partial charge is 0.347 e. The lowest BCUT2D eigenvalue weighted by molar-refractivity contribution is -0.146. The lowest BCUT2D eigenvalue weighted by Gasteiger charge is -2.34. The zero-order chi connectivity index (χ0) is 22.0. The summed E-state index contributed by atoms with van der Waals surface area (Å²) in [4.78, 5) is 39.5. The molecule has 2 aromatic carbocycles. The summed E-state index contributed by atoms with van der Waals surface area (Å²) in [7, 11) is 0. The summed E-state index contributed by atoms with van der Waals surface area (Å²) >= 11 is 1.60. The molecule has 2 heterocycles. The van der Waals surface area contributed by atoms with Crippen LogP contribution >= 0.6 is 11.8 Å². The van der Waals surface area contributed by atoms with Gasteiger partial charge in [0.2, 0.25) is 11.8 Å². The zero-order valence-corrected chi connectivity index (χ0v) is 18.0. The van der Waals surface area contributed by atoms with Gasteiger partial charge in [-0.2, -0.15) is 11.8 Å². The van der Waals surface area contributed by atoms with Crippen molar-refractivity contribution >= 4 is 29.5 Å². The number of piperazine rings is 1. The Bertz CT molecular complexity index is 1000. The first kappa shape index (κ1) is 21.4. The van der Waals surface area contributed by atoms with Crippen LogP contribution in [0, 0.1) is 12.7 Å². The fraction of sp³-hybridized carbons (Fsp3) is 0.348. The van der Waals surface area contributed by atoms with Gasteiger partial charge < -0.3 is 15.5 Å². The number of halogens is 1. The number of carbonyl (C=O) groups excluding carboxylic acids is 3. The number of thioether (sulfide) groups is 1. The van der Waals surface area contributed by atoms with Gasteiger partial charge in [-0.1, -0.05) is 36.4 Å². The van der Waals surface area contributed by atoms with Gasteiger partial charge in [-0.3, -0.25) is 14.4 Å². The predicted octanol–water partition coefficient (Wildman–Crippen LogP) is 2.27. The first-order chi connectivity index (χ1) is 14.9. The molecule has 2 aliphatic heterocycles. The van der Waals surface area contributed by atoms with E-state index in [1.807, 2.05) is 30.3 Å². The summed E-state index contributed by atoms with van der Waals surface area (Å²) in [6, 6.07) is 12.8. The van der Waals surface area contributed by atoms with Crippen LogP contribution < -0.4 is 10.6 Å². The Hall–Kier alpha value is -2.87. The molecule has 3 atom stereocenters. The molecule has 0 unspecified atom stereocenters. The Morgan fingerprint density at radius 2 is 2.00 bits per heavy atom. The van der Waals surface area contributed by atoms with E-state index in [0.717, 1.165) is 11.3 Å². The molecule has 0 saturated carbocycles. The lowest BCUT2D eigenvalue weighted by Crippen LogP contribution is -2.61. The van der Waals surface area contributed by atoms with E-state index in [0.29, 0.717) is 17.7 Å². The monoisotopic (exact) mass is 441 g/mol. The van der Waals surface area contributed by atoms with E-state index in [9.17, 15) is 18.8 Å². The third kappa shape index (κ3) is 4.74. The van der Waals surface area contributed by atoms with Crippen LogP contribution in [0.2, 0.25) is 0 Å². The molecule has 2 N–H and O–H groups in total. The van der Waals surface area contributed by atoms with Gasteiger partial charge in [0.25, 0.3) is 5.91 Å². The summed E-state index contributed by atoms with van der Waals surface area (Å²) in [5.74, 6) is 0.0812. The minimum atomic E-state index is -0.581. The molecule has 0 aromatic heterocycles. The van der Waals surface area contributed by atoms with Crippen LogP contribution in [0.5, 0.6) is 0 Å². The van der Waals surface area contributed by atoms with E-state index in [4.69, 9.17) is 0 Å². The average Bonchev–Trinajstić information content (AvgIpc) is 3.19. The van der Waals surface area contributed by atoms with Gasteiger partial charge >= 0.3 is 0 Å². The summed E-state index contributed by atoms with van der Waals surface area (Å²) in [6.45, 7) is 1.90. The normalized spacial score (nSPS) is 22.8. The topological polar surface area (TPSA) is 78.5 Å². The molecular weight excluding hydrogens is 417 g/mol. The Morgan fingerprint density at radius 3 is 2.74 bits per heavy atom. The number of nitrogens with zero attached hydrogens (tertiary/aromatic N) is 1. The third-order valence-corrected chi connectivity index (χ3v) is 6.77. The summed E-state index contributed by atoms with van der Waals surface area (Å²) in [6.07, 6.45) is 0.349. The molecule has 31 heavy (non-hydrogen) atoms. The minimum Gasteiger partial charge on any atom is -0.347 e. The maximum Gasteiger partial charge on any atom is 0.251 e. The second-order valence-corrected chi connectivity index (χ2v) is 8.97. The number of hydrogen-bond acceptors (Lipinski definition) is 4. The standard InChI is InChI=1S/C23H24FN3O3S/c1-14-7-8-16(9-18(14)24)21(28)25-17-10-20-22(29)26-19(23(30)27(20)11-17)13-31-12-15-5-3-2-4-6-15/h2-9,17,19-20H,10-13H2,1H3,(H,25,28)(H,26,29)/t17-,19-,20-/m0/s1. The van der Waals surface area contributed by atoms with Crippen molar-refractivity contribution in [2.24, 2.45) is 0 Å². The Kier molecular flexibility index (Phi) is 6.27. The highest BCUT2D eigenvalue weighted by Crippen LogP contribution is 2.25. The van der Waals surface area contributed by atoms with Crippen molar-refractivity contribution < 1.29 is 18.8 Å². The Labute approximate surface area is 184 Å². The number of carbonyl (C=O) groups is 3. The molecular formula is C23H24FN3O3S. The van der Waals surface area contributed by atoms with Crippen LogP contribution in [-0.4, -0.2) is 53.0 Å². The SMILES string of the molecule is Cc1ccc(C(=O)N[C@H]2C[C@H]3C(=O)N[C@@H](CSCc4ccccc4)C(=O)N3C2)cc1F. The molecule has 4 rings (SSSR count).